The van der Waals surface area contributed by atoms with Gasteiger partial charge in [-0.15, -0.1) is 0 Å². The van der Waals surface area contributed by atoms with Gasteiger partial charge < -0.3 is 0 Å². The van der Waals surface area contributed by atoms with Crippen molar-refractivity contribution in [1.82, 2.24) is 0 Å². The van der Waals surface area contributed by atoms with E-state index in [-0.39, 0.29) is 0 Å². The summed E-state index contributed by atoms with van der Waals surface area (Å²) >= 11 is 0. The minimum Gasteiger partial charge on any atom is -0.298 e. The number of hydrogen-bond donors (Lipinski definition) is 0. The van der Waals surface area contributed by atoms with Gasteiger partial charge in [-0.05, 0) is 36.7 Å². The first kappa shape index (κ1) is 12.9. The summed E-state index contributed by atoms with van der Waals surface area (Å²) in [6.45, 7) is 0. The van der Waals surface area contributed by atoms with Gasteiger partial charge in [0.1, 0.15) is 6.29 Å². The van der Waals surface area contributed by atoms with Crippen molar-refractivity contribution in [2.24, 2.45) is 11.8 Å². The Kier molecular flexibility index (Phi) is 5.28. The highest BCUT2D eigenvalue weighted by atomic mass is 16.1. The minimum absolute atomic E-state index is 0.951. The standard InChI is InChI=1S/C10H18.C6H8O/c1-2-6-9(5-1)10-7-3-4-8-10;7-5-6-3-1-2-4-6/h9-10H,1-8H2;3,5H,1-2,4H2. The average Bonchev–Trinajstić information content (AvgIpc) is 3.12. The molecule has 0 aromatic carbocycles. The van der Waals surface area contributed by atoms with Crippen LogP contribution in [0.3, 0.4) is 0 Å². The van der Waals surface area contributed by atoms with E-state index in [9.17, 15) is 4.79 Å². The molecular formula is C16H26O. The van der Waals surface area contributed by atoms with E-state index < -0.39 is 0 Å². The minimum atomic E-state index is 0.951. The molecule has 0 saturated heterocycles. The molecule has 0 atom stereocenters. The molecule has 3 rings (SSSR count). The quantitative estimate of drug-likeness (QED) is 0.635. The zero-order chi connectivity index (χ0) is 11.9. The van der Waals surface area contributed by atoms with Crippen LogP contribution in [0.5, 0.6) is 0 Å². The Balaban J connectivity index is 0.000000136. The van der Waals surface area contributed by atoms with E-state index >= 15 is 0 Å². The zero-order valence-corrected chi connectivity index (χ0v) is 11.0. The second kappa shape index (κ2) is 6.98. The maximum absolute atomic E-state index is 9.94. The molecule has 0 bridgehead atoms. The molecule has 1 nitrogen and oxygen atoms in total. The van der Waals surface area contributed by atoms with E-state index in [1.165, 1.54) is 32.1 Å². The third kappa shape index (κ3) is 3.97. The maximum Gasteiger partial charge on any atom is 0.145 e. The van der Waals surface area contributed by atoms with Gasteiger partial charge in [-0.25, -0.2) is 0 Å². The summed E-state index contributed by atoms with van der Waals surface area (Å²) in [5.74, 6) is 2.31. The second-order valence-electron chi connectivity index (χ2n) is 5.88. The number of carbonyl (C=O) groups is 1. The van der Waals surface area contributed by atoms with Crippen LogP contribution in [0.25, 0.3) is 0 Å². The van der Waals surface area contributed by atoms with Crippen molar-refractivity contribution in [2.75, 3.05) is 0 Å². The molecule has 3 aliphatic rings. The third-order valence-corrected chi connectivity index (χ3v) is 4.69. The SMILES string of the molecule is C1CCC(C2CCCC2)C1.O=CC1=CCCC1. The Morgan fingerprint density at radius 1 is 0.882 bits per heavy atom. The third-order valence-electron chi connectivity index (χ3n) is 4.69. The van der Waals surface area contributed by atoms with E-state index in [1.807, 2.05) is 6.08 Å². The van der Waals surface area contributed by atoms with Gasteiger partial charge in [0.25, 0.3) is 0 Å². The lowest BCUT2D eigenvalue weighted by Gasteiger charge is -2.16. The Morgan fingerprint density at radius 2 is 1.41 bits per heavy atom. The van der Waals surface area contributed by atoms with Crippen LogP contribution in [0.15, 0.2) is 11.6 Å². The van der Waals surface area contributed by atoms with Crippen molar-refractivity contribution < 1.29 is 4.79 Å². The molecule has 96 valence electrons. The first-order valence-corrected chi connectivity index (χ1v) is 7.54. The monoisotopic (exact) mass is 234 g/mol. The Morgan fingerprint density at radius 3 is 1.71 bits per heavy atom. The summed E-state index contributed by atoms with van der Waals surface area (Å²) in [6, 6.07) is 0. The largest absolute Gasteiger partial charge is 0.298 e. The molecule has 17 heavy (non-hydrogen) atoms. The average molecular weight is 234 g/mol. The first-order valence-electron chi connectivity index (χ1n) is 7.54. The van der Waals surface area contributed by atoms with Gasteiger partial charge in [0.2, 0.25) is 0 Å². The van der Waals surface area contributed by atoms with Gasteiger partial charge in [-0.1, -0.05) is 57.4 Å². The van der Waals surface area contributed by atoms with Gasteiger partial charge in [0.15, 0.2) is 0 Å². The van der Waals surface area contributed by atoms with Crippen LogP contribution < -0.4 is 0 Å². The van der Waals surface area contributed by atoms with Crippen LogP contribution in [0.1, 0.15) is 70.6 Å². The van der Waals surface area contributed by atoms with Gasteiger partial charge in [0.05, 0.1) is 0 Å². The second-order valence-corrected chi connectivity index (χ2v) is 5.88. The lowest BCUT2D eigenvalue weighted by atomic mass is 9.90. The van der Waals surface area contributed by atoms with Crippen molar-refractivity contribution >= 4 is 6.29 Å². The van der Waals surface area contributed by atoms with E-state index in [0.29, 0.717) is 0 Å². The fraction of sp³-hybridized carbons (Fsp3) is 0.812. The molecule has 0 aliphatic heterocycles. The molecule has 1 heteroatoms. The predicted molar refractivity (Wildman–Crippen MR) is 71.9 cm³/mol. The molecule has 0 heterocycles. The lowest BCUT2D eigenvalue weighted by molar-refractivity contribution is -0.105. The van der Waals surface area contributed by atoms with Crippen LogP contribution in [0, 0.1) is 11.8 Å². The van der Waals surface area contributed by atoms with Gasteiger partial charge in [-0.2, -0.15) is 0 Å². The smallest absolute Gasteiger partial charge is 0.145 e. The topological polar surface area (TPSA) is 17.1 Å². The lowest BCUT2D eigenvalue weighted by Crippen LogP contribution is -2.06. The van der Waals surface area contributed by atoms with Crippen LogP contribution in [0.4, 0.5) is 0 Å². The van der Waals surface area contributed by atoms with Gasteiger partial charge >= 0.3 is 0 Å². The highest BCUT2D eigenvalue weighted by Gasteiger charge is 2.26. The predicted octanol–water partition coefficient (Wildman–Crippen LogP) is 4.66. The Hall–Kier alpha value is -0.590. The first-order chi connectivity index (χ1) is 8.40. The summed E-state index contributed by atoms with van der Waals surface area (Å²) < 4.78 is 0. The van der Waals surface area contributed by atoms with E-state index in [4.69, 9.17) is 0 Å². The molecule has 0 radical (unpaired) electrons. The van der Waals surface area contributed by atoms with Crippen molar-refractivity contribution in [1.29, 1.82) is 0 Å². The fourth-order valence-electron chi connectivity index (χ4n) is 3.66. The molecule has 2 saturated carbocycles. The van der Waals surface area contributed by atoms with E-state index in [0.717, 1.165) is 36.5 Å². The van der Waals surface area contributed by atoms with Crippen LogP contribution in [-0.2, 0) is 4.79 Å². The van der Waals surface area contributed by atoms with Crippen molar-refractivity contribution in [3.05, 3.63) is 11.6 Å². The highest BCUT2D eigenvalue weighted by Crippen LogP contribution is 2.39. The number of aldehydes is 1. The number of allylic oxidation sites excluding steroid dienone is 2. The van der Waals surface area contributed by atoms with Crippen molar-refractivity contribution in [3.8, 4) is 0 Å². The van der Waals surface area contributed by atoms with Gasteiger partial charge in [0, 0.05) is 0 Å². The number of hydrogen-bond acceptors (Lipinski definition) is 1. The van der Waals surface area contributed by atoms with E-state index in [1.54, 1.807) is 25.7 Å². The van der Waals surface area contributed by atoms with Crippen LogP contribution in [0.2, 0.25) is 0 Å². The van der Waals surface area contributed by atoms with Gasteiger partial charge in [-0.3, -0.25) is 4.79 Å². The summed E-state index contributed by atoms with van der Waals surface area (Å²) in [7, 11) is 0. The molecular weight excluding hydrogens is 208 g/mol. The molecule has 3 aliphatic carbocycles. The maximum atomic E-state index is 9.94. The Bertz CT molecular complexity index is 241. The van der Waals surface area contributed by atoms with E-state index in [2.05, 4.69) is 0 Å². The summed E-state index contributed by atoms with van der Waals surface area (Å²) in [6.07, 6.45) is 18.6. The van der Waals surface area contributed by atoms with Crippen molar-refractivity contribution in [2.45, 2.75) is 70.6 Å². The number of carbonyl (C=O) groups excluding carboxylic acids is 1. The highest BCUT2D eigenvalue weighted by molar-refractivity contribution is 5.73. The molecule has 2 fully saturated rings. The number of rotatable bonds is 2. The van der Waals surface area contributed by atoms with Crippen LogP contribution in [-0.4, -0.2) is 6.29 Å². The molecule has 0 amide bonds. The zero-order valence-electron chi connectivity index (χ0n) is 11.0. The van der Waals surface area contributed by atoms with Crippen LogP contribution >= 0.6 is 0 Å². The summed E-state index contributed by atoms with van der Waals surface area (Å²) in [4.78, 5) is 9.94. The molecule has 0 aromatic rings. The molecule has 0 spiro atoms. The van der Waals surface area contributed by atoms with Crippen molar-refractivity contribution in [3.63, 3.8) is 0 Å². The summed E-state index contributed by atoms with van der Waals surface area (Å²) in [5, 5.41) is 0. The normalized spacial score (nSPS) is 25.5. The summed E-state index contributed by atoms with van der Waals surface area (Å²) in [5.41, 5.74) is 0.986. The molecule has 0 N–H and O–H groups in total. The molecule has 0 unspecified atom stereocenters. The fourth-order valence-corrected chi connectivity index (χ4v) is 3.66. The molecule has 0 aromatic heterocycles. The Labute approximate surface area is 106 Å².